The molecular weight excluding hydrogens is 696 g/mol. The van der Waals surface area contributed by atoms with E-state index in [2.05, 4.69) is 138 Å². The van der Waals surface area contributed by atoms with Crippen molar-refractivity contribution in [3.05, 3.63) is 119 Å². The van der Waals surface area contributed by atoms with Crippen LogP contribution in [-0.2, 0) is 51.9 Å². The van der Waals surface area contributed by atoms with E-state index in [1.807, 2.05) is 0 Å². The Hall–Kier alpha value is -2.80. The summed E-state index contributed by atoms with van der Waals surface area (Å²) < 4.78 is 0. The molecule has 0 saturated carbocycles. The number of rotatable bonds is 16. The third kappa shape index (κ3) is 7.98. The van der Waals surface area contributed by atoms with Gasteiger partial charge in [-0.25, -0.2) is 0 Å². The Morgan fingerprint density at radius 2 is 0.820 bits per heavy atom. The van der Waals surface area contributed by atoms with Crippen LogP contribution in [0.4, 0.5) is 0 Å². The molecule has 6 aromatic rings. The number of hydrogen-bond donors (Lipinski definition) is 0. The van der Waals surface area contributed by atoms with E-state index in [0.29, 0.717) is 0 Å². The van der Waals surface area contributed by atoms with Gasteiger partial charge < -0.3 is 0 Å². The quantitative estimate of drug-likeness (QED) is 0.0682. The van der Waals surface area contributed by atoms with E-state index in [1.54, 1.807) is 21.5 Å². The third-order valence-corrected chi connectivity index (χ3v) is 14.7. The molecule has 6 rings (SSSR count). The maximum absolute atomic E-state index is 2.68. The van der Waals surface area contributed by atoms with Gasteiger partial charge >= 0.3 is 26.2 Å². The summed E-state index contributed by atoms with van der Waals surface area (Å²) in [5.74, 6) is 0. The molecule has 0 bridgehead atoms. The van der Waals surface area contributed by atoms with Crippen LogP contribution in [0.2, 0.25) is 13.1 Å². The second-order valence-corrected chi connectivity index (χ2v) is 19.3. The largest absolute Gasteiger partial charge is 2.00 e. The van der Waals surface area contributed by atoms with Gasteiger partial charge in [0.1, 0.15) is 0 Å². The average molecular weight is 754 g/mol. The van der Waals surface area contributed by atoms with Crippen molar-refractivity contribution in [2.75, 3.05) is 0 Å². The Kier molecular flexibility index (Phi) is 13.5. The van der Waals surface area contributed by atoms with Crippen LogP contribution in [0.5, 0.6) is 0 Å². The molecule has 0 radical (unpaired) electrons. The van der Waals surface area contributed by atoms with Crippen molar-refractivity contribution < 1.29 is 26.2 Å². The van der Waals surface area contributed by atoms with E-state index in [1.165, 1.54) is 106 Å². The van der Waals surface area contributed by atoms with Gasteiger partial charge in [-0.05, 0) is 60.8 Å². The van der Waals surface area contributed by atoms with Gasteiger partial charge in [0.05, 0.1) is 0 Å². The maximum atomic E-state index is 2.68. The zero-order valence-electron chi connectivity index (χ0n) is 31.7. The molecule has 0 saturated heterocycles. The van der Waals surface area contributed by atoms with Crippen molar-refractivity contribution in [3.63, 3.8) is 0 Å². The minimum absolute atomic E-state index is 0. The molecule has 0 nitrogen and oxygen atoms in total. The molecule has 0 fully saturated rings. The fourth-order valence-electron chi connectivity index (χ4n) is 8.41. The smallest absolute Gasteiger partial charge is 0.158 e. The standard InChI is InChI=1S/C48H58Si.Zr/c1-7-11-17-35-25-29-37(30-26-35)43-23-15-21-39-33-41(19-13-9-3)47(45(39)43)49(5,6)48-42(20-14-10-4)34-40-22-16-24-44(46(40)48)38-31-27-36(28-32-38)18-12-8-2;/h15-16,21-34H,7-14,17-20H2,1-6H3;/q-2;+2. The summed E-state index contributed by atoms with van der Waals surface area (Å²) in [6.07, 6.45) is 14.5. The Labute approximate surface area is 323 Å². The summed E-state index contributed by atoms with van der Waals surface area (Å²) in [5.41, 5.74) is 11.6. The SMILES string of the molecule is CCCCc1ccc(-c2cccc3[cH-]c(CCCC)c([Si](C)(C)c4c(CCCC)[cH-]c5cccc(-c6ccc(CCCC)cc6)c45)c23)cc1.[Zr+2]. The summed E-state index contributed by atoms with van der Waals surface area (Å²) in [5, 5.41) is 9.22. The second-order valence-electron chi connectivity index (χ2n) is 15.1. The van der Waals surface area contributed by atoms with Gasteiger partial charge in [0, 0.05) is 8.07 Å². The van der Waals surface area contributed by atoms with Crippen molar-refractivity contribution in [3.8, 4) is 22.3 Å². The van der Waals surface area contributed by atoms with Gasteiger partial charge in [0.25, 0.3) is 0 Å². The number of benzene rings is 4. The second kappa shape index (κ2) is 17.6. The van der Waals surface area contributed by atoms with Crippen molar-refractivity contribution in [2.45, 2.75) is 118 Å². The third-order valence-electron chi connectivity index (χ3n) is 11.0. The molecule has 6 aromatic carbocycles. The summed E-state index contributed by atoms with van der Waals surface area (Å²) in [7, 11) is -2.25. The van der Waals surface area contributed by atoms with E-state index in [-0.39, 0.29) is 26.2 Å². The number of aryl methyl sites for hydroxylation is 4. The molecule has 50 heavy (non-hydrogen) atoms. The molecule has 258 valence electrons. The summed E-state index contributed by atoms with van der Waals surface area (Å²) in [6.45, 7) is 14.6. The van der Waals surface area contributed by atoms with Crippen LogP contribution < -0.4 is 10.4 Å². The van der Waals surface area contributed by atoms with Gasteiger partial charge in [0.2, 0.25) is 0 Å². The predicted molar refractivity (Wildman–Crippen MR) is 221 cm³/mol. The van der Waals surface area contributed by atoms with E-state index in [9.17, 15) is 0 Å². The Morgan fingerprint density at radius 3 is 1.18 bits per heavy atom. The fourth-order valence-corrected chi connectivity index (χ4v) is 12.5. The Bertz CT molecular complexity index is 1820. The molecule has 0 atom stereocenters. The first kappa shape index (κ1) is 38.4. The summed E-state index contributed by atoms with van der Waals surface area (Å²) >= 11 is 0. The van der Waals surface area contributed by atoms with Crippen molar-refractivity contribution >= 4 is 40.0 Å². The molecule has 0 aromatic heterocycles. The summed E-state index contributed by atoms with van der Waals surface area (Å²) in [4.78, 5) is 0. The predicted octanol–water partition coefficient (Wildman–Crippen LogP) is 13.0. The van der Waals surface area contributed by atoms with E-state index >= 15 is 0 Å². The number of fused-ring (bicyclic) bond motifs is 2. The first-order chi connectivity index (χ1) is 23.9. The number of unbranched alkanes of at least 4 members (excludes halogenated alkanes) is 4. The summed E-state index contributed by atoms with van der Waals surface area (Å²) in [6, 6.07) is 38.3. The van der Waals surface area contributed by atoms with Gasteiger partial charge in [-0.2, -0.15) is 10.4 Å². The van der Waals surface area contributed by atoms with E-state index < -0.39 is 8.07 Å². The minimum atomic E-state index is -2.25. The first-order valence-electron chi connectivity index (χ1n) is 19.5. The van der Waals surface area contributed by atoms with Gasteiger partial charge in [-0.3, -0.25) is 0 Å². The van der Waals surface area contributed by atoms with Crippen molar-refractivity contribution in [2.24, 2.45) is 0 Å². The molecule has 0 aliphatic carbocycles. The van der Waals surface area contributed by atoms with E-state index in [0.717, 1.165) is 25.7 Å². The van der Waals surface area contributed by atoms with Gasteiger partial charge in [0.15, 0.2) is 0 Å². The first-order valence-corrected chi connectivity index (χ1v) is 22.5. The normalized spacial score (nSPS) is 11.8. The van der Waals surface area contributed by atoms with Gasteiger partial charge in [-0.1, -0.05) is 151 Å². The molecule has 0 N–H and O–H groups in total. The maximum Gasteiger partial charge on any atom is 2.00 e. The molecule has 0 unspecified atom stereocenters. The van der Waals surface area contributed by atoms with Crippen LogP contribution in [0.25, 0.3) is 43.8 Å². The van der Waals surface area contributed by atoms with Crippen LogP contribution >= 0.6 is 0 Å². The monoisotopic (exact) mass is 752 g/mol. The molecule has 0 aliphatic heterocycles. The average Bonchev–Trinajstić information content (AvgIpc) is 3.71. The molecule has 0 heterocycles. The van der Waals surface area contributed by atoms with Crippen LogP contribution in [0.1, 0.15) is 101 Å². The fraction of sp³-hybridized carbons (Fsp3) is 0.375. The zero-order chi connectivity index (χ0) is 34.4. The topological polar surface area (TPSA) is 0 Å². The molecular formula is C48H58SiZr. The van der Waals surface area contributed by atoms with E-state index in [4.69, 9.17) is 0 Å². The van der Waals surface area contributed by atoms with Gasteiger partial charge in [-0.15, -0.1) is 69.1 Å². The van der Waals surface area contributed by atoms with Crippen molar-refractivity contribution in [1.29, 1.82) is 0 Å². The number of hydrogen-bond acceptors (Lipinski definition) is 0. The molecule has 0 amide bonds. The molecule has 2 heteroatoms. The van der Waals surface area contributed by atoms with Crippen LogP contribution in [0.3, 0.4) is 0 Å². The Balaban J connectivity index is 0.00000486. The zero-order valence-corrected chi connectivity index (χ0v) is 35.2. The Morgan fingerprint density at radius 1 is 0.460 bits per heavy atom. The van der Waals surface area contributed by atoms with Crippen LogP contribution in [-0.4, -0.2) is 8.07 Å². The van der Waals surface area contributed by atoms with Crippen LogP contribution in [0, 0.1) is 0 Å². The molecule has 0 aliphatic rings. The molecule has 0 spiro atoms. The van der Waals surface area contributed by atoms with Crippen molar-refractivity contribution in [1.82, 2.24) is 0 Å². The van der Waals surface area contributed by atoms with Crippen LogP contribution in [0.15, 0.2) is 97.1 Å². The minimum Gasteiger partial charge on any atom is -0.158 e.